The molecule has 0 radical (unpaired) electrons. The van der Waals surface area contributed by atoms with Crippen LogP contribution in [0, 0.1) is 6.92 Å². The van der Waals surface area contributed by atoms with Crippen LogP contribution in [0.1, 0.15) is 41.2 Å². The van der Waals surface area contributed by atoms with Crippen LogP contribution in [0.4, 0.5) is 0 Å². The highest BCUT2D eigenvalue weighted by Gasteiger charge is 2.13. The fraction of sp³-hybridized carbons (Fsp3) is 0.133. The SMILES string of the molecule is CCC(=C(c1ccc(O)cc1)c1ccc(OCc2ccccc2)cc1)c1ccc(C)cc1. The molecule has 0 saturated heterocycles. The van der Waals surface area contributed by atoms with Crippen molar-refractivity contribution in [2.75, 3.05) is 0 Å². The van der Waals surface area contributed by atoms with Crippen LogP contribution in [0.2, 0.25) is 0 Å². The predicted octanol–water partition coefficient (Wildman–Crippen LogP) is 7.65. The van der Waals surface area contributed by atoms with Crippen molar-refractivity contribution in [3.05, 3.63) is 131 Å². The highest BCUT2D eigenvalue weighted by molar-refractivity contribution is 5.98. The van der Waals surface area contributed by atoms with E-state index >= 15 is 0 Å². The minimum atomic E-state index is 0.270. The van der Waals surface area contributed by atoms with Gasteiger partial charge in [-0.05, 0) is 71.0 Å². The number of phenols is 1. The Kier molecular flexibility index (Phi) is 6.72. The molecular weight excluding hydrogens is 392 g/mol. The molecule has 2 heteroatoms. The Morgan fingerprint density at radius 1 is 0.688 bits per heavy atom. The minimum absolute atomic E-state index is 0.270. The third-order valence-electron chi connectivity index (χ3n) is 5.60. The Hall–Kier alpha value is -3.78. The van der Waals surface area contributed by atoms with Gasteiger partial charge in [0, 0.05) is 0 Å². The molecule has 4 rings (SSSR count). The Morgan fingerprint density at radius 2 is 1.25 bits per heavy atom. The first kappa shape index (κ1) is 21.5. The number of benzene rings is 4. The molecule has 1 N–H and O–H groups in total. The third kappa shape index (κ3) is 5.09. The van der Waals surface area contributed by atoms with Crippen LogP contribution in [0.3, 0.4) is 0 Å². The summed E-state index contributed by atoms with van der Waals surface area (Å²) >= 11 is 0. The van der Waals surface area contributed by atoms with Gasteiger partial charge in [0.05, 0.1) is 0 Å². The Balaban J connectivity index is 1.71. The zero-order valence-corrected chi connectivity index (χ0v) is 18.6. The lowest BCUT2D eigenvalue weighted by molar-refractivity contribution is 0.306. The van der Waals surface area contributed by atoms with Gasteiger partial charge in [0.25, 0.3) is 0 Å². The molecule has 0 amide bonds. The molecule has 4 aromatic carbocycles. The fourth-order valence-electron chi connectivity index (χ4n) is 3.88. The van der Waals surface area contributed by atoms with Gasteiger partial charge in [-0.3, -0.25) is 0 Å². The predicted molar refractivity (Wildman–Crippen MR) is 133 cm³/mol. The average Bonchev–Trinajstić information content (AvgIpc) is 2.84. The molecule has 0 aromatic heterocycles. The molecule has 32 heavy (non-hydrogen) atoms. The summed E-state index contributed by atoms with van der Waals surface area (Å²) in [6, 6.07) is 34.6. The molecule has 4 aromatic rings. The van der Waals surface area contributed by atoms with Gasteiger partial charge in [0.1, 0.15) is 18.1 Å². The van der Waals surface area contributed by atoms with Crippen molar-refractivity contribution in [2.24, 2.45) is 0 Å². The molecule has 0 fully saturated rings. The van der Waals surface area contributed by atoms with Gasteiger partial charge >= 0.3 is 0 Å². The second-order valence-electron chi connectivity index (χ2n) is 7.92. The number of allylic oxidation sites excluding steroid dienone is 1. The normalized spacial score (nSPS) is 11.7. The van der Waals surface area contributed by atoms with E-state index in [1.807, 2.05) is 42.5 Å². The van der Waals surface area contributed by atoms with Gasteiger partial charge in [0.15, 0.2) is 0 Å². The largest absolute Gasteiger partial charge is 0.508 e. The van der Waals surface area contributed by atoms with Gasteiger partial charge in [0.2, 0.25) is 0 Å². The smallest absolute Gasteiger partial charge is 0.119 e. The van der Waals surface area contributed by atoms with Gasteiger partial charge < -0.3 is 9.84 Å². The summed E-state index contributed by atoms with van der Waals surface area (Å²) in [5, 5.41) is 9.81. The van der Waals surface area contributed by atoms with Gasteiger partial charge in [-0.1, -0.05) is 91.3 Å². The lowest BCUT2D eigenvalue weighted by atomic mass is 9.88. The average molecular weight is 421 g/mol. The zero-order valence-electron chi connectivity index (χ0n) is 18.6. The van der Waals surface area contributed by atoms with E-state index in [1.165, 1.54) is 22.3 Å². The topological polar surface area (TPSA) is 29.5 Å². The minimum Gasteiger partial charge on any atom is -0.508 e. The van der Waals surface area contributed by atoms with Crippen LogP contribution in [0.25, 0.3) is 11.1 Å². The van der Waals surface area contributed by atoms with Crippen LogP contribution >= 0.6 is 0 Å². The molecular formula is C30H28O2. The van der Waals surface area contributed by atoms with Crippen LogP contribution in [-0.4, -0.2) is 5.11 Å². The second-order valence-corrected chi connectivity index (χ2v) is 7.92. The number of aromatic hydroxyl groups is 1. The second kappa shape index (κ2) is 10.0. The highest BCUT2D eigenvalue weighted by atomic mass is 16.5. The van der Waals surface area contributed by atoms with Crippen molar-refractivity contribution >= 4 is 11.1 Å². The molecule has 160 valence electrons. The summed E-state index contributed by atoms with van der Waals surface area (Å²) in [5.41, 5.74) is 8.26. The Morgan fingerprint density at radius 3 is 1.84 bits per heavy atom. The van der Waals surface area contributed by atoms with Gasteiger partial charge in [-0.25, -0.2) is 0 Å². The summed E-state index contributed by atoms with van der Waals surface area (Å²) in [6.07, 6.45) is 0.894. The maximum atomic E-state index is 9.81. The van der Waals surface area contributed by atoms with E-state index in [0.29, 0.717) is 6.61 Å². The van der Waals surface area contributed by atoms with Crippen molar-refractivity contribution in [2.45, 2.75) is 26.9 Å². The van der Waals surface area contributed by atoms with Crippen molar-refractivity contribution in [3.63, 3.8) is 0 Å². The van der Waals surface area contributed by atoms with Crippen molar-refractivity contribution in [1.82, 2.24) is 0 Å². The molecule has 0 aliphatic rings. The Bertz CT molecular complexity index is 1170. The lowest BCUT2D eigenvalue weighted by Gasteiger charge is -2.17. The van der Waals surface area contributed by atoms with Crippen LogP contribution < -0.4 is 4.74 Å². The monoisotopic (exact) mass is 420 g/mol. The molecule has 0 heterocycles. The van der Waals surface area contributed by atoms with E-state index in [9.17, 15) is 5.11 Å². The molecule has 2 nitrogen and oxygen atoms in total. The molecule has 0 spiro atoms. The fourth-order valence-corrected chi connectivity index (χ4v) is 3.88. The standard InChI is InChI=1S/C30H28O2/c1-3-29(24-11-9-22(2)10-12-24)30(25-13-17-27(31)18-14-25)26-15-19-28(20-16-26)32-21-23-7-5-4-6-8-23/h4-20,31H,3,21H2,1-2H3. The van der Waals surface area contributed by atoms with E-state index in [0.717, 1.165) is 28.9 Å². The van der Waals surface area contributed by atoms with Crippen LogP contribution in [0.5, 0.6) is 11.5 Å². The highest BCUT2D eigenvalue weighted by Crippen LogP contribution is 2.35. The first-order chi connectivity index (χ1) is 15.6. The zero-order chi connectivity index (χ0) is 22.3. The first-order valence-electron chi connectivity index (χ1n) is 11.0. The number of rotatable bonds is 7. The first-order valence-corrected chi connectivity index (χ1v) is 11.0. The lowest BCUT2D eigenvalue weighted by Crippen LogP contribution is -1.97. The summed E-state index contributed by atoms with van der Waals surface area (Å²) in [5.74, 6) is 1.11. The van der Waals surface area contributed by atoms with E-state index in [2.05, 4.69) is 62.4 Å². The van der Waals surface area contributed by atoms with Crippen molar-refractivity contribution in [1.29, 1.82) is 0 Å². The number of phenolic OH excluding ortho intramolecular Hbond substituents is 1. The van der Waals surface area contributed by atoms with Crippen molar-refractivity contribution < 1.29 is 9.84 Å². The van der Waals surface area contributed by atoms with Crippen LogP contribution in [0.15, 0.2) is 103 Å². The number of hydrogen-bond donors (Lipinski definition) is 1. The summed E-state index contributed by atoms with van der Waals surface area (Å²) in [7, 11) is 0. The van der Waals surface area contributed by atoms with Gasteiger partial charge in [-0.2, -0.15) is 0 Å². The summed E-state index contributed by atoms with van der Waals surface area (Å²) < 4.78 is 5.98. The van der Waals surface area contributed by atoms with E-state index in [1.54, 1.807) is 12.1 Å². The molecule has 0 bridgehead atoms. The molecule has 0 aliphatic carbocycles. The van der Waals surface area contributed by atoms with E-state index < -0.39 is 0 Å². The molecule has 0 atom stereocenters. The van der Waals surface area contributed by atoms with Crippen LogP contribution in [-0.2, 0) is 6.61 Å². The summed E-state index contributed by atoms with van der Waals surface area (Å²) in [6.45, 7) is 4.84. The Labute approximate surface area is 190 Å². The third-order valence-corrected chi connectivity index (χ3v) is 5.60. The van der Waals surface area contributed by atoms with Crippen molar-refractivity contribution in [3.8, 4) is 11.5 Å². The van der Waals surface area contributed by atoms with E-state index in [-0.39, 0.29) is 5.75 Å². The molecule has 0 saturated carbocycles. The maximum Gasteiger partial charge on any atom is 0.119 e. The summed E-state index contributed by atoms with van der Waals surface area (Å²) in [4.78, 5) is 0. The number of aryl methyl sites for hydroxylation is 1. The molecule has 0 unspecified atom stereocenters. The number of hydrogen-bond acceptors (Lipinski definition) is 2. The number of ether oxygens (including phenoxy) is 1. The molecule has 0 aliphatic heterocycles. The van der Waals surface area contributed by atoms with E-state index in [4.69, 9.17) is 4.74 Å². The maximum absolute atomic E-state index is 9.81. The van der Waals surface area contributed by atoms with Gasteiger partial charge in [-0.15, -0.1) is 0 Å². The quantitative estimate of drug-likeness (QED) is 0.311.